The first-order chi connectivity index (χ1) is 19.2. The molecule has 0 aliphatic heterocycles. The Kier molecular flexibility index (Phi) is 10.8. The molecule has 3 aromatic carbocycles. The van der Waals surface area contributed by atoms with Crippen LogP contribution in [0.15, 0.2) is 70.1 Å². The molecule has 6 heteroatoms. The second-order valence-corrected chi connectivity index (χ2v) is 9.91. The van der Waals surface area contributed by atoms with E-state index in [0.29, 0.717) is 28.5 Å². The number of fused-ring (bicyclic) bond motifs is 1. The average molecular weight is 529 g/mol. The molecule has 0 bridgehead atoms. The van der Waals surface area contributed by atoms with Crippen LogP contribution in [-0.2, 0) is 0 Å². The Labute approximate surface area is 231 Å². The van der Waals surface area contributed by atoms with Gasteiger partial charge in [0.25, 0.3) is 0 Å². The van der Waals surface area contributed by atoms with Crippen LogP contribution in [0.4, 0.5) is 5.69 Å². The van der Waals surface area contributed by atoms with Crippen LogP contribution in [0.3, 0.4) is 0 Å². The van der Waals surface area contributed by atoms with Gasteiger partial charge in [-0.15, -0.1) is 0 Å². The highest BCUT2D eigenvalue weighted by Gasteiger charge is 2.09. The molecule has 0 aliphatic rings. The molecule has 0 saturated carbocycles. The van der Waals surface area contributed by atoms with Gasteiger partial charge in [0, 0.05) is 23.4 Å². The van der Waals surface area contributed by atoms with Gasteiger partial charge in [0.15, 0.2) is 5.58 Å². The van der Waals surface area contributed by atoms with E-state index in [4.69, 9.17) is 13.9 Å². The number of benzene rings is 3. The molecule has 0 saturated heterocycles. The van der Waals surface area contributed by atoms with E-state index in [1.165, 1.54) is 57.8 Å². The molecule has 0 radical (unpaired) electrons. The summed E-state index contributed by atoms with van der Waals surface area (Å²) < 4.78 is 17.0. The van der Waals surface area contributed by atoms with Crippen molar-refractivity contribution in [3.8, 4) is 28.7 Å². The molecule has 4 rings (SSSR count). The van der Waals surface area contributed by atoms with E-state index in [0.717, 1.165) is 29.9 Å². The number of phenolic OH excluding ortho intramolecular Hbond substituents is 1. The zero-order valence-electron chi connectivity index (χ0n) is 23.2. The van der Waals surface area contributed by atoms with Crippen LogP contribution in [0.1, 0.15) is 76.7 Å². The van der Waals surface area contributed by atoms with E-state index >= 15 is 0 Å². The summed E-state index contributed by atoms with van der Waals surface area (Å²) >= 11 is 0. The Bertz CT molecular complexity index is 1330. The van der Waals surface area contributed by atoms with Crippen LogP contribution in [0.5, 0.6) is 17.2 Å². The number of methoxy groups -OCH3 is 1. The smallest absolute Gasteiger partial charge is 0.227 e. The minimum Gasteiger partial charge on any atom is -0.507 e. The number of hydrogen-bond donors (Lipinski definition) is 1. The van der Waals surface area contributed by atoms with Crippen molar-refractivity contribution in [2.24, 2.45) is 4.99 Å². The number of phenols is 1. The molecule has 0 amide bonds. The molecule has 1 aromatic heterocycles. The number of aromatic hydroxyl groups is 1. The molecular formula is C33H40N2O4. The highest BCUT2D eigenvalue weighted by molar-refractivity contribution is 5.87. The maximum Gasteiger partial charge on any atom is 0.227 e. The summed E-state index contributed by atoms with van der Waals surface area (Å²) in [6.45, 7) is 3.01. The maximum absolute atomic E-state index is 10.1. The topological polar surface area (TPSA) is 77.1 Å². The summed E-state index contributed by atoms with van der Waals surface area (Å²) in [6.07, 6.45) is 14.8. The van der Waals surface area contributed by atoms with Crippen molar-refractivity contribution in [1.29, 1.82) is 0 Å². The lowest BCUT2D eigenvalue weighted by molar-refractivity contribution is 0.304. The van der Waals surface area contributed by atoms with E-state index in [9.17, 15) is 5.11 Å². The molecule has 4 aromatic rings. The predicted octanol–water partition coefficient (Wildman–Crippen LogP) is 9.26. The Hall–Kier alpha value is -3.80. The van der Waals surface area contributed by atoms with Gasteiger partial charge in [0.2, 0.25) is 5.89 Å². The molecule has 0 atom stereocenters. The highest BCUT2D eigenvalue weighted by atomic mass is 16.5. The van der Waals surface area contributed by atoms with E-state index in [1.807, 2.05) is 42.5 Å². The second-order valence-electron chi connectivity index (χ2n) is 9.91. The normalized spacial score (nSPS) is 11.4. The molecule has 0 fully saturated rings. The highest BCUT2D eigenvalue weighted by Crippen LogP contribution is 2.29. The molecule has 1 heterocycles. The van der Waals surface area contributed by atoms with Gasteiger partial charge in [-0.3, -0.25) is 4.99 Å². The van der Waals surface area contributed by atoms with Crippen LogP contribution >= 0.6 is 0 Å². The molecular weight excluding hydrogens is 488 g/mol. The second kappa shape index (κ2) is 15.0. The fraction of sp³-hybridized carbons (Fsp3) is 0.394. The average Bonchev–Trinajstić information content (AvgIpc) is 3.39. The number of nitrogens with zero attached hydrogens (tertiary/aromatic N) is 2. The fourth-order valence-electron chi connectivity index (χ4n) is 4.50. The van der Waals surface area contributed by atoms with E-state index < -0.39 is 0 Å². The minimum atomic E-state index is 0.110. The van der Waals surface area contributed by atoms with E-state index in [-0.39, 0.29) is 5.75 Å². The number of aliphatic imine (C=N–C) groups is 1. The zero-order chi connectivity index (χ0) is 27.3. The molecule has 39 heavy (non-hydrogen) atoms. The van der Waals surface area contributed by atoms with Crippen molar-refractivity contribution in [3.05, 3.63) is 66.2 Å². The molecule has 0 unspecified atom stereocenters. The predicted molar refractivity (Wildman–Crippen MR) is 159 cm³/mol. The fourth-order valence-corrected chi connectivity index (χ4v) is 4.50. The quantitative estimate of drug-likeness (QED) is 0.116. The first-order valence-electron chi connectivity index (χ1n) is 14.2. The lowest BCUT2D eigenvalue weighted by Crippen LogP contribution is -1.97. The third-order valence-electron chi connectivity index (χ3n) is 6.83. The van der Waals surface area contributed by atoms with E-state index in [2.05, 4.69) is 16.9 Å². The van der Waals surface area contributed by atoms with E-state index in [1.54, 1.807) is 31.5 Å². The zero-order valence-corrected chi connectivity index (χ0v) is 23.2. The SMILES string of the molecule is CCCCCCCCCCCCOc1ccc(-c2nc3cc(N=Cc4ccc(OC)cc4O)ccc3o2)cc1. The number of hydrogen-bond acceptors (Lipinski definition) is 6. The van der Waals surface area contributed by atoms with Crippen molar-refractivity contribution < 1.29 is 19.0 Å². The van der Waals surface area contributed by atoms with Crippen LogP contribution in [0.25, 0.3) is 22.6 Å². The van der Waals surface area contributed by atoms with Crippen molar-refractivity contribution >= 4 is 23.0 Å². The first kappa shape index (κ1) is 28.2. The van der Waals surface area contributed by atoms with Gasteiger partial charge in [0.05, 0.1) is 19.4 Å². The summed E-state index contributed by atoms with van der Waals surface area (Å²) in [5, 5.41) is 10.1. The van der Waals surface area contributed by atoms with Crippen molar-refractivity contribution in [3.63, 3.8) is 0 Å². The number of ether oxygens (including phenoxy) is 2. The standard InChI is InChI=1S/C33H40N2O4/c1-3-4-5-6-7-8-9-10-11-12-21-38-28-17-13-25(14-18-28)33-35-30-22-27(16-20-32(30)39-33)34-24-26-15-19-29(37-2)23-31(26)36/h13-20,22-24,36H,3-12,21H2,1-2H3. The van der Waals surface area contributed by atoms with Crippen LogP contribution in [0.2, 0.25) is 0 Å². The number of aromatic nitrogens is 1. The summed E-state index contributed by atoms with van der Waals surface area (Å²) in [6, 6.07) is 18.6. The molecule has 206 valence electrons. The Morgan fingerprint density at radius 1 is 0.821 bits per heavy atom. The summed E-state index contributed by atoms with van der Waals surface area (Å²) in [7, 11) is 1.56. The number of unbranched alkanes of at least 4 members (excludes halogenated alkanes) is 9. The largest absolute Gasteiger partial charge is 0.507 e. The van der Waals surface area contributed by atoms with Gasteiger partial charge >= 0.3 is 0 Å². The molecule has 0 spiro atoms. The van der Waals surface area contributed by atoms with Gasteiger partial charge in [-0.1, -0.05) is 64.7 Å². The first-order valence-corrected chi connectivity index (χ1v) is 14.2. The van der Waals surface area contributed by atoms with Crippen molar-refractivity contribution in [2.45, 2.75) is 71.1 Å². The Morgan fingerprint density at radius 3 is 2.21 bits per heavy atom. The number of oxazole rings is 1. The minimum absolute atomic E-state index is 0.110. The maximum atomic E-state index is 10.1. The van der Waals surface area contributed by atoms with Gasteiger partial charge in [-0.05, 0) is 61.0 Å². The van der Waals surface area contributed by atoms with Gasteiger partial charge in [0.1, 0.15) is 22.8 Å². The lowest BCUT2D eigenvalue weighted by atomic mass is 10.1. The summed E-state index contributed by atoms with van der Waals surface area (Å²) in [5.41, 5.74) is 3.63. The van der Waals surface area contributed by atoms with Gasteiger partial charge in [-0.25, -0.2) is 4.98 Å². The number of rotatable bonds is 16. The summed E-state index contributed by atoms with van der Waals surface area (Å²) in [5.74, 6) is 2.12. The van der Waals surface area contributed by atoms with Crippen molar-refractivity contribution in [2.75, 3.05) is 13.7 Å². The third kappa shape index (κ3) is 8.60. The van der Waals surface area contributed by atoms with Crippen molar-refractivity contribution in [1.82, 2.24) is 4.98 Å². The van der Waals surface area contributed by atoms with Crippen LogP contribution in [0, 0.1) is 0 Å². The monoisotopic (exact) mass is 528 g/mol. The lowest BCUT2D eigenvalue weighted by Gasteiger charge is -2.06. The molecule has 6 nitrogen and oxygen atoms in total. The third-order valence-corrected chi connectivity index (χ3v) is 6.83. The molecule has 0 aliphatic carbocycles. The van der Waals surface area contributed by atoms with Crippen LogP contribution in [-0.4, -0.2) is 30.0 Å². The Balaban J connectivity index is 1.24. The van der Waals surface area contributed by atoms with Gasteiger partial charge < -0.3 is 19.0 Å². The Morgan fingerprint density at radius 2 is 1.51 bits per heavy atom. The van der Waals surface area contributed by atoms with Gasteiger partial charge in [-0.2, -0.15) is 0 Å². The molecule has 1 N–H and O–H groups in total. The van der Waals surface area contributed by atoms with Crippen LogP contribution < -0.4 is 9.47 Å². The summed E-state index contributed by atoms with van der Waals surface area (Å²) in [4.78, 5) is 9.14.